The second kappa shape index (κ2) is 5.78. The zero-order valence-electron chi connectivity index (χ0n) is 15.3. The summed E-state index contributed by atoms with van der Waals surface area (Å²) in [4.78, 5) is 27.1. The average Bonchev–Trinajstić information content (AvgIpc) is 3.22. The largest absolute Gasteiger partial charge is 0.373 e. The molecule has 5 rings (SSSR count). The molecule has 1 saturated heterocycles. The highest BCUT2D eigenvalue weighted by molar-refractivity contribution is 6.06. The first-order valence-electron chi connectivity index (χ1n) is 9.80. The number of ketones is 1. The molecule has 1 saturated carbocycles. The standard InChI is InChI=1S/C22H25NO3/c1-22(7-8-22)21(25)23-9-6-14(12-23)20-11-15-10-19(24)17-5-3-2-4-16(17)18(15)13-26-20/h2-5,14,20H,6-13H2,1H3. The van der Waals surface area contributed by atoms with Crippen molar-refractivity contribution in [1.82, 2.24) is 4.90 Å². The fourth-order valence-corrected chi connectivity index (χ4v) is 4.80. The maximum Gasteiger partial charge on any atom is 0.228 e. The molecule has 1 aromatic rings. The number of likely N-dealkylation sites (tertiary alicyclic amines) is 1. The van der Waals surface area contributed by atoms with Gasteiger partial charge in [0, 0.05) is 36.4 Å². The third-order valence-electron chi connectivity index (χ3n) is 6.80. The van der Waals surface area contributed by atoms with Gasteiger partial charge in [-0.3, -0.25) is 9.59 Å². The van der Waals surface area contributed by atoms with Gasteiger partial charge in [-0.15, -0.1) is 0 Å². The maximum absolute atomic E-state index is 12.6. The predicted molar refractivity (Wildman–Crippen MR) is 98.7 cm³/mol. The van der Waals surface area contributed by atoms with Gasteiger partial charge in [0.05, 0.1) is 12.7 Å². The number of Topliss-reactive ketones (excluding diaryl/α,β-unsaturated/α-hetero) is 1. The van der Waals surface area contributed by atoms with Crippen molar-refractivity contribution < 1.29 is 14.3 Å². The molecular formula is C22H25NO3. The second-order valence-corrected chi connectivity index (χ2v) is 8.64. The Morgan fingerprint density at radius 2 is 2.00 bits per heavy atom. The number of benzene rings is 1. The van der Waals surface area contributed by atoms with Crippen LogP contribution in [0.5, 0.6) is 0 Å². The number of hydrogen-bond acceptors (Lipinski definition) is 3. The van der Waals surface area contributed by atoms with E-state index in [-0.39, 0.29) is 17.3 Å². The number of fused-ring (bicyclic) bond motifs is 2. The van der Waals surface area contributed by atoms with Gasteiger partial charge in [0.1, 0.15) is 0 Å². The smallest absolute Gasteiger partial charge is 0.228 e. The Kier molecular flexibility index (Phi) is 3.61. The van der Waals surface area contributed by atoms with E-state index in [9.17, 15) is 9.59 Å². The molecule has 4 nitrogen and oxygen atoms in total. The van der Waals surface area contributed by atoms with Crippen LogP contribution in [0.15, 0.2) is 29.8 Å². The van der Waals surface area contributed by atoms with E-state index < -0.39 is 0 Å². The highest BCUT2D eigenvalue weighted by Crippen LogP contribution is 2.47. The summed E-state index contributed by atoms with van der Waals surface area (Å²) in [6.07, 6.45) is 4.57. The van der Waals surface area contributed by atoms with Crippen molar-refractivity contribution in [3.05, 3.63) is 41.0 Å². The minimum absolute atomic E-state index is 0.0858. The van der Waals surface area contributed by atoms with E-state index in [2.05, 4.69) is 6.92 Å². The molecule has 0 radical (unpaired) electrons. The molecule has 26 heavy (non-hydrogen) atoms. The molecule has 0 spiro atoms. The normalized spacial score (nSPS) is 29.4. The predicted octanol–water partition coefficient (Wildman–Crippen LogP) is 3.46. The third kappa shape index (κ3) is 2.54. The zero-order chi connectivity index (χ0) is 17.9. The lowest BCUT2D eigenvalue weighted by atomic mass is 9.80. The van der Waals surface area contributed by atoms with Gasteiger partial charge in [0.15, 0.2) is 5.78 Å². The molecule has 4 aliphatic rings. The Balaban J connectivity index is 1.32. The molecule has 4 heteroatoms. The Morgan fingerprint density at radius 3 is 2.77 bits per heavy atom. The molecule has 1 amide bonds. The average molecular weight is 351 g/mol. The summed E-state index contributed by atoms with van der Waals surface area (Å²) in [7, 11) is 0. The van der Waals surface area contributed by atoms with Crippen molar-refractivity contribution in [3.8, 4) is 0 Å². The molecule has 2 aliphatic heterocycles. The van der Waals surface area contributed by atoms with Gasteiger partial charge >= 0.3 is 0 Å². The van der Waals surface area contributed by atoms with Crippen LogP contribution in [0.2, 0.25) is 0 Å². The van der Waals surface area contributed by atoms with Crippen molar-refractivity contribution in [1.29, 1.82) is 0 Å². The number of hydrogen-bond donors (Lipinski definition) is 0. The monoisotopic (exact) mass is 351 g/mol. The number of amides is 1. The molecule has 0 aromatic heterocycles. The van der Waals surface area contributed by atoms with E-state index in [0.717, 1.165) is 49.9 Å². The van der Waals surface area contributed by atoms with Crippen molar-refractivity contribution in [2.45, 2.75) is 45.1 Å². The number of carbonyl (C=O) groups is 2. The summed E-state index contributed by atoms with van der Waals surface area (Å²) in [5.74, 6) is 0.949. The van der Waals surface area contributed by atoms with Crippen LogP contribution < -0.4 is 0 Å². The number of ether oxygens (including phenoxy) is 1. The quantitative estimate of drug-likeness (QED) is 0.820. The molecule has 2 fully saturated rings. The SMILES string of the molecule is CC1(C(=O)N2CCC(C3CC4=C(CO3)c3ccccc3C(=O)C4)C2)CC1. The van der Waals surface area contributed by atoms with Crippen LogP contribution >= 0.6 is 0 Å². The van der Waals surface area contributed by atoms with Crippen LogP contribution in [-0.2, 0) is 9.53 Å². The summed E-state index contributed by atoms with van der Waals surface area (Å²) in [6.45, 7) is 4.34. The Morgan fingerprint density at radius 1 is 1.23 bits per heavy atom. The molecule has 136 valence electrons. The van der Waals surface area contributed by atoms with Gasteiger partial charge in [-0.2, -0.15) is 0 Å². The second-order valence-electron chi connectivity index (χ2n) is 8.64. The Hall–Kier alpha value is -1.94. The molecule has 0 N–H and O–H groups in total. The summed E-state index contributed by atoms with van der Waals surface area (Å²) >= 11 is 0. The van der Waals surface area contributed by atoms with E-state index >= 15 is 0 Å². The van der Waals surface area contributed by atoms with E-state index in [0.29, 0.717) is 24.9 Å². The molecule has 0 bridgehead atoms. The van der Waals surface area contributed by atoms with Crippen LogP contribution in [-0.4, -0.2) is 42.4 Å². The first kappa shape index (κ1) is 16.2. The van der Waals surface area contributed by atoms with Gasteiger partial charge in [0.2, 0.25) is 5.91 Å². The Bertz CT molecular complexity index is 820. The fourth-order valence-electron chi connectivity index (χ4n) is 4.80. The fraction of sp³-hybridized carbons (Fsp3) is 0.545. The topological polar surface area (TPSA) is 46.6 Å². The van der Waals surface area contributed by atoms with Crippen LogP contribution in [0, 0.1) is 11.3 Å². The van der Waals surface area contributed by atoms with Crippen molar-refractivity contribution in [3.63, 3.8) is 0 Å². The molecular weight excluding hydrogens is 326 g/mol. The summed E-state index contributed by atoms with van der Waals surface area (Å²) in [5, 5.41) is 0. The summed E-state index contributed by atoms with van der Waals surface area (Å²) in [5.41, 5.74) is 4.28. The lowest BCUT2D eigenvalue weighted by Crippen LogP contribution is -2.37. The molecule has 1 aromatic carbocycles. The van der Waals surface area contributed by atoms with Crippen molar-refractivity contribution in [2.75, 3.05) is 19.7 Å². The van der Waals surface area contributed by atoms with Crippen LogP contribution in [0.3, 0.4) is 0 Å². The van der Waals surface area contributed by atoms with E-state index in [4.69, 9.17) is 4.74 Å². The third-order valence-corrected chi connectivity index (χ3v) is 6.80. The highest BCUT2D eigenvalue weighted by Gasteiger charge is 2.49. The Labute approximate surface area is 154 Å². The summed E-state index contributed by atoms with van der Waals surface area (Å²) in [6, 6.07) is 7.89. The van der Waals surface area contributed by atoms with Crippen LogP contribution in [0.1, 0.15) is 54.9 Å². The van der Waals surface area contributed by atoms with Crippen molar-refractivity contribution in [2.24, 2.45) is 11.3 Å². The van der Waals surface area contributed by atoms with Gasteiger partial charge in [-0.25, -0.2) is 0 Å². The molecule has 2 heterocycles. The molecule has 2 aliphatic carbocycles. The first-order valence-corrected chi connectivity index (χ1v) is 9.80. The van der Waals surface area contributed by atoms with Gasteiger partial charge in [0.25, 0.3) is 0 Å². The van der Waals surface area contributed by atoms with Gasteiger partial charge in [-0.05, 0) is 36.8 Å². The first-order chi connectivity index (χ1) is 12.5. The lowest BCUT2D eigenvalue weighted by Gasteiger charge is -2.34. The number of rotatable bonds is 2. The molecule has 2 atom stereocenters. The maximum atomic E-state index is 12.6. The van der Waals surface area contributed by atoms with Crippen LogP contribution in [0.25, 0.3) is 5.57 Å². The van der Waals surface area contributed by atoms with Gasteiger partial charge in [-0.1, -0.05) is 36.8 Å². The molecule has 2 unspecified atom stereocenters. The highest BCUT2D eigenvalue weighted by atomic mass is 16.5. The van der Waals surface area contributed by atoms with E-state index in [1.165, 1.54) is 11.1 Å². The minimum Gasteiger partial charge on any atom is -0.373 e. The summed E-state index contributed by atoms with van der Waals surface area (Å²) < 4.78 is 6.25. The minimum atomic E-state index is -0.0858. The lowest BCUT2D eigenvalue weighted by molar-refractivity contribution is -0.135. The van der Waals surface area contributed by atoms with Crippen LogP contribution in [0.4, 0.5) is 0 Å². The number of nitrogens with zero attached hydrogens (tertiary/aromatic N) is 1. The van der Waals surface area contributed by atoms with E-state index in [1.807, 2.05) is 29.2 Å². The number of carbonyl (C=O) groups excluding carboxylic acids is 2. The zero-order valence-corrected chi connectivity index (χ0v) is 15.3. The van der Waals surface area contributed by atoms with Crippen molar-refractivity contribution >= 4 is 17.3 Å². The van der Waals surface area contributed by atoms with Gasteiger partial charge < -0.3 is 9.64 Å². The van der Waals surface area contributed by atoms with E-state index in [1.54, 1.807) is 0 Å².